The molecule has 5 nitrogen and oxygen atoms in total. The quantitative estimate of drug-likeness (QED) is 0.530. The van der Waals surface area contributed by atoms with Gasteiger partial charge in [-0.05, 0) is 32.4 Å². The molecular weight excluding hydrogens is 392 g/mol. The predicted molar refractivity (Wildman–Crippen MR) is 89.6 cm³/mol. The molecule has 0 spiro atoms. The molecule has 2 aromatic rings. The molecule has 0 aliphatic carbocycles. The van der Waals surface area contributed by atoms with Crippen LogP contribution in [-0.4, -0.2) is 18.5 Å². The second-order valence-electron chi connectivity index (χ2n) is 5.23. The highest BCUT2D eigenvalue weighted by Crippen LogP contribution is 2.28. The van der Waals surface area contributed by atoms with E-state index in [4.69, 9.17) is 4.74 Å². The molecule has 1 amide bonds. The lowest BCUT2D eigenvalue weighted by atomic mass is 10.3. The van der Waals surface area contributed by atoms with Gasteiger partial charge in [-0.15, -0.1) is 11.3 Å². The Morgan fingerprint density at radius 1 is 1.25 bits per heavy atom. The SMILES string of the molecule is CCOC(=O)c1cc(C)sc1NC(=O)CC[n+]1ccc(C)cc1.[Br-]. The lowest BCUT2D eigenvalue weighted by Crippen LogP contribution is -3.00. The number of aromatic nitrogens is 1. The molecule has 0 aromatic carbocycles. The number of anilines is 1. The number of pyridine rings is 1. The van der Waals surface area contributed by atoms with Gasteiger partial charge < -0.3 is 27.0 Å². The number of carbonyl (C=O) groups is 2. The van der Waals surface area contributed by atoms with Gasteiger partial charge in [0.25, 0.3) is 0 Å². The third-order valence-corrected chi connectivity index (χ3v) is 4.22. The monoisotopic (exact) mass is 412 g/mol. The van der Waals surface area contributed by atoms with Gasteiger partial charge in [-0.1, -0.05) is 0 Å². The molecule has 0 bridgehead atoms. The highest BCUT2D eigenvalue weighted by Gasteiger charge is 2.18. The van der Waals surface area contributed by atoms with Crippen LogP contribution < -0.4 is 26.9 Å². The summed E-state index contributed by atoms with van der Waals surface area (Å²) in [5, 5.41) is 3.37. The first kappa shape index (κ1) is 20.3. The molecule has 0 saturated carbocycles. The van der Waals surface area contributed by atoms with Gasteiger partial charge in [0.1, 0.15) is 5.00 Å². The lowest BCUT2D eigenvalue weighted by Gasteiger charge is -2.05. The van der Waals surface area contributed by atoms with Crippen LogP contribution in [0.1, 0.15) is 34.1 Å². The molecule has 0 radical (unpaired) electrons. The fraction of sp³-hybridized carbons (Fsp3) is 0.353. The minimum atomic E-state index is -0.403. The van der Waals surface area contributed by atoms with Crippen LogP contribution in [-0.2, 0) is 16.1 Å². The van der Waals surface area contributed by atoms with Crippen LogP contribution >= 0.6 is 11.3 Å². The van der Waals surface area contributed by atoms with Crippen molar-refractivity contribution >= 4 is 28.2 Å². The van der Waals surface area contributed by atoms with Gasteiger partial charge in [0.05, 0.1) is 18.6 Å². The second kappa shape index (κ2) is 9.54. The van der Waals surface area contributed by atoms with E-state index in [2.05, 4.69) is 5.32 Å². The van der Waals surface area contributed by atoms with E-state index in [0.717, 1.165) is 4.88 Å². The first-order valence-electron chi connectivity index (χ1n) is 7.52. The number of ether oxygens (including phenoxy) is 1. The predicted octanol–water partition coefficient (Wildman–Crippen LogP) is -0.138. The molecule has 0 atom stereocenters. The number of nitrogens with zero attached hydrogens (tertiary/aromatic N) is 1. The number of nitrogens with one attached hydrogen (secondary N) is 1. The minimum Gasteiger partial charge on any atom is -1.00 e. The summed E-state index contributed by atoms with van der Waals surface area (Å²) in [5.41, 5.74) is 1.60. The Balaban J connectivity index is 0.00000288. The summed E-state index contributed by atoms with van der Waals surface area (Å²) >= 11 is 1.38. The molecule has 2 rings (SSSR count). The molecule has 0 saturated heterocycles. The van der Waals surface area contributed by atoms with Gasteiger partial charge in [-0.25, -0.2) is 9.36 Å². The van der Waals surface area contributed by atoms with Crippen LogP contribution in [0.4, 0.5) is 5.00 Å². The largest absolute Gasteiger partial charge is 1.00 e. The van der Waals surface area contributed by atoms with Gasteiger partial charge in [0.15, 0.2) is 18.9 Å². The average molecular weight is 413 g/mol. The molecule has 2 aromatic heterocycles. The summed E-state index contributed by atoms with van der Waals surface area (Å²) in [6.45, 7) is 6.57. The summed E-state index contributed by atoms with van der Waals surface area (Å²) in [4.78, 5) is 25.0. The zero-order valence-corrected chi connectivity index (χ0v) is 16.4. The number of amides is 1. The maximum absolute atomic E-state index is 12.1. The van der Waals surface area contributed by atoms with Crippen molar-refractivity contribution in [3.05, 3.63) is 46.6 Å². The Labute approximate surface area is 156 Å². The molecule has 0 aliphatic heterocycles. The number of carbonyl (C=O) groups excluding carboxylic acids is 2. The van der Waals surface area contributed by atoms with E-state index in [1.54, 1.807) is 13.0 Å². The van der Waals surface area contributed by atoms with Crippen LogP contribution in [0.3, 0.4) is 0 Å². The number of rotatable bonds is 6. The standard InChI is InChI=1S/C17H20N2O3S.BrH/c1-4-22-17(21)14-11-13(3)23-16(14)18-15(20)7-10-19-8-5-12(2)6-9-19;/h5-6,8-9,11H,4,7,10H2,1-3H3;1H. The number of hydrogen-bond acceptors (Lipinski definition) is 4. The molecule has 0 fully saturated rings. The molecule has 24 heavy (non-hydrogen) atoms. The average Bonchev–Trinajstić information content (AvgIpc) is 2.87. The van der Waals surface area contributed by atoms with Crippen LogP contribution in [0.25, 0.3) is 0 Å². The first-order chi connectivity index (χ1) is 11.0. The van der Waals surface area contributed by atoms with E-state index in [-0.39, 0.29) is 22.9 Å². The maximum atomic E-state index is 12.1. The van der Waals surface area contributed by atoms with Crippen molar-refractivity contribution in [3.8, 4) is 0 Å². The maximum Gasteiger partial charge on any atom is 0.341 e. The smallest absolute Gasteiger partial charge is 0.341 e. The lowest BCUT2D eigenvalue weighted by molar-refractivity contribution is -0.695. The molecule has 0 aliphatic rings. The third kappa shape index (κ3) is 5.72. The van der Waals surface area contributed by atoms with Gasteiger partial charge in [0.2, 0.25) is 5.91 Å². The van der Waals surface area contributed by atoms with Gasteiger partial charge >= 0.3 is 5.97 Å². The van der Waals surface area contributed by atoms with Crippen LogP contribution in [0.15, 0.2) is 30.6 Å². The zero-order valence-electron chi connectivity index (χ0n) is 14.0. The van der Waals surface area contributed by atoms with E-state index in [9.17, 15) is 9.59 Å². The summed E-state index contributed by atoms with van der Waals surface area (Å²) in [7, 11) is 0. The van der Waals surface area contributed by atoms with E-state index in [0.29, 0.717) is 30.1 Å². The molecule has 2 heterocycles. The summed E-state index contributed by atoms with van der Waals surface area (Å²) in [5.74, 6) is -0.523. The fourth-order valence-corrected chi connectivity index (χ4v) is 2.98. The van der Waals surface area contributed by atoms with Gasteiger partial charge in [-0.3, -0.25) is 4.79 Å². The Kier molecular flexibility index (Phi) is 8.07. The number of halogens is 1. The number of aryl methyl sites for hydroxylation is 3. The van der Waals surface area contributed by atoms with Crippen molar-refractivity contribution in [2.75, 3.05) is 11.9 Å². The highest BCUT2D eigenvalue weighted by molar-refractivity contribution is 7.16. The summed E-state index contributed by atoms with van der Waals surface area (Å²) < 4.78 is 6.97. The molecule has 7 heteroatoms. The Bertz CT molecular complexity index is 698. The van der Waals surface area contributed by atoms with E-state index in [1.807, 2.05) is 42.9 Å². The van der Waals surface area contributed by atoms with E-state index < -0.39 is 5.97 Å². The topological polar surface area (TPSA) is 59.3 Å². The van der Waals surface area contributed by atoms with Crippen molar-refractivity contribution in [1.29, 1.82) is 0 Å². The summed E-state index contributed by atoms with van der Waals surface area (Å²) in [6, 6.07) is 5.74. The van der Waals surface area contributed by atoms with Crippen LogP contribution in [0.5, 0.6) is 0 Å². The van der Waals surface area contributed by atoms with Crippen LogP contribution in [0.2, 0.25) is 0 Å². The molecule has 130 valence electrons. The Hall–Kier alpha value is -1.73. The second-order valence-corrected chi connectivity index (χ2v) is 6.49. The number of thiophene rings is 1. The van der Waals surface area contributed by atoms with Crippen molar-refractivity contribution < 1.29 is 35.9 Å². The number of esters is 1. The van der Waals surface area contributed by atoms with Crippen molar-refractivity contribution in [3.63, 3.8) is 0 Å². The van der Waals surface area contributed by atoms with Gasteiger partial charge in [0, 0.05) is 17.0 Å². The molecular formula is C17H21BrN2O3S. The minimum absolute atomic E-state index is 0. The zero-order chi connectivity index (χ0) is 16.8. The van der Waals surface area contributed by atoms with Gasteiger partial charge in [-0.2, -0.15) is 0 Å². The first-order valence-corrected chi connectivity index (χ1v) is 8.34. The molecule has 1 N–H and O–H groups in total. The van der Waals surface area contributed by atoms with Crippen LogP contribution in [0, 0.1) is 13.8 Å². The van der Waals surface area contributed by atoms with E-state index >= 15 is 0 Å². The Morgan fingerprint density at radius 2 is 1.92 bits per heavy atom. The van der Waals surface area contributed by atoms with E-state index in [1.165, 1.54) is 16.9 Å². The third-order valence-electron chi connectivity index (χ3n) is 3.26. The van der Waals surface area contributed by atoms with Crippen molar-refractivity contribution in [2.45, 2.75) is 33.7 Å². The fourth-order valence-electron chi connectivity index (χ4n) is 2.07. The summed E-state index contributed by atoms with van der Waals surface area (Å²) in [6.07, 6.45) is 4.23. The van der Waals surface area contributed by atoms with Crippen molar-refractivity contribution in [1.82, 2.24) is 0 Å². The normalized spacial score (nSPS) is 9.96. The highest BCUT2D eigenvalue weighted by atomic mass is 79.9. The molecule has 0 unspecified atom stereocenters. The van der Waals surface area contributed by atoms with Crippen molar-refractivity contribution in [2.24, 2.45) is 0 Å². The Morgan fingerprint density at radius 3 is 2.54 bits per heavy atom. The number of hydrogen-bond donors (Lipinski definition) is 1.